The van der Waals surface area contributed by atoms with Crippen LogP contribution in [0.2, 0.25) is 6.55 Å². The first-order valence-corrected chi connectivity index (χ1v) is 7.74. The molecule has 1 N–H and O–H groups in total. The van der Waals surface area contributed by atoms with Gasteiger partial charge in [0.2, 0.25) is 0 Å². The van der Waals surface area contributed by atoms with E-state index in [2.05, 4.69) is 6.55 Å². The van der Waals surface area contributed by atoms with Crippen molar-refractivity contribution in [2.24, 2.45) is 0 Å². The minimum absolute atomic E-state index is 0.640. The summed E-state index contributed by atoms with van der Waals surface area (Å²) in [6.45, 7) is 8.34. The van der Waals surface area contributed by atoms with Crippen molar-refractivity contribution in [2.45, 2.75) is 32.5 Å². The Labute approximate surface area is 93.0 Å². The molecule has 84 valence electrons. The lowest BCUT2D eigenvalue weighted by atomic mass is 10.4. The van der Waals surface area contributed by atoms with Crippen LogP contribution in [0.3, 0.4) is 0 Å². The molecule has 3 heteroatoms. The highest BCUT2D eigenvalue weighted by atomic mass is 28.4. The molecule has 1 atom stereocenters. The molecule has 0 bridgehead atoms. The molecule has 1 unspecified atom stereocenters. The lowest BCUT2D eigenvalue weighted by molar-refractivity contribution is 0.125. The summed E-state index contributed by atoms with van der Waals surface area (Å²) in [4.78, 5) is 0. The number of hydrogen-bond acceptors (Lipinski definition) is 2. The first-order chi connectivity index (χ1) is 6.92. The monoisotopic (exact) mass is 224 g/mol. The summed E-state index contributed by atoms with van der Waals surface area (Å²) in [6, 6.07) is 10.0. The fourth-order valence-electron chi connectivity index (χ4n) is 1.66. The van der Waals surface area contributed by atoms with Crippen LogP contribution in [0.25, 0.3) is 0 Å². The number of hydrogen-bond donors (Lipinski definition) is 1. The van der Waals surface area contributed by atoms with Gasteiger partial charge in [-0.05, 0) is 32.5 Å². The van der Waals surface area contributed by atoms with E-state index in [9.17, 15) is 5.11 Å². The fraction of sp³-hybridized carbons (Fsp3) is 0.500. The smallest absolute Gasteiger partial charge is 0.251 e. The Kier molecular flexibility index (Phi) is 3.70. The maximum atomic E-state index is 10.3. The normalized spacial score (nSPS) is 16.1. The highest BCUT2D eigenvalue weighted by molar-refractivity contribution is 6.87. The van der Waals surface area contributed by atoms with Crippen molar-refractivity contribution in [1.82, 2.24) is 0 Å². The molecule has 0 saturated carbocycles. The number of aliphatic hydroxyl groups is 1. The largest absolute Gasteiger partial charge is 0.410 e. The van der Waals surface area contributed by atoms with Gasteiger partial charge in [0.15, 0.2) is 0 Å². The van der Waals surface area contributed by atoms with Gasteiger partial charge in [0.1, 0.15) is 0 Å². The van der Waals surface area contributed by atoms with Crippen molar-refractivity contribution >= 4 is 13.5 Å². The van der Waals surface area contributed by atoms with Gasteiger partial charge in [-0.2, -0.15) is 0 Å². The molecule has 0 heterocycles. The Balaban J connectivity index is 3.13. The standard InChI is InChI=1S/C12H20O2Si/c1-5-14-15(4,12(2,3)13)11-9-7-6-8-10-11/h6-10,13H,5H2,1-4H3. The molecule has 1 rings (SSSR count). The van der Waals surface area contributed by atoms with Crippen LogP contribution in [0.1, 0.15) is 20.8 Å². The molecule has 0 aromatic heterocycles. The van der Waals surface area contributed by atoms with Gasteiger partial charge in [0.25, 0.3) is 8.32 Å². The minimum atomic E-state index is -2.27. The van der Waals surface area contributed by atoms with Crippen LogP contribution in [0.4, 0.5) is 0 Å². The van der Waals surface area contributed by atoms with Gasteiger partial charge in [-0.3, -0.25) is 0 Å². The summed E-state index contributed by atoms with van der Waals surface area (Å²) < 4.78 is 5.87. The quantitative estimate of drug-likeness (QED) is 0.791. The first-order valence-electron chi connectivity index (χ1n) is 5.33. The summed E-state index contributed by atoms with van der Waals surface area (Å²) in [7, 11) is -2.27. The molecule has 0 saturated heterocycles. The van der Waals surface area contributed by atoms with E-state index in [4.69, 9.17) is 4.43 Å². The van der Waals surface area contributed by atoms with E-state index in [0.717, 1.165) is 5.19 Å². The van der Waals surface area contributed by atoms with Crippen molar-refractivity contribution in [2.75, 3.05) is 6.61 Å². The second kappa shape index (κ2) is 4.47. The van der Waals surface area contributed by atoms with Crippen LogP contribution in [-0.2, 0) is 4.43 Å². The van der Waals surface area contributed by atoms with Crippen LogP contribution < -0.4 is 5.19 Å². The van der Waals surface area contributed by atoms with Crippen LogP contribution in [0.5, 0.6) is 0 Å². The molecule has 0 aliphatic carbocycles. The molecule has 0 radical (unpaired) electrons. The highest BCUT2D eigenvalue weighted by Gasteiger charge is 2.45. The molecular formula is C12H20O2Si. The van der Waals surface area contributed by atoms with Gasteiger partial charge in [-0.25, -0.2) is 0 Å². The van der Waals surface area contributed by atoms with Crippen molar-refractivity contribution < 1.29 is 9.53 Å². The molecule has 0 amide bonds. The third kappa shape index (κ3) is 2.48. The van der Waals surface area contributed by atoms with Crippen LogP contribution in [-0.4, -0.2) is 25.3 Å². The highest BCUT2D eigenvalue weighted by Crippen LogP contribution is 2.21. The molecule has 2 nitrogen and oxygen atoms in total. The van der Waals surface area contributed by atoms with Gasteiger partial charge >= 0.3 is 0 Å². The average Bonchev–Trinajstić information content (AvgIpc) is 2.18. The van der Waals surface area contributed by atoms with E-state index >= 15 is 0 Å². The lowest BCUT2D eigenvalue weighted by Gasteiger charge is -2.37. The lowest BCUT2D eigenvalue weighted by Crippen LogP contribution is -2.63. The summed E-state index contributed by atoms with van der Waals surface area (Å²) in [5.41, 5.74) is 0. The van der Waals surface area contributed by atoms with E-state index in [1.165, 1.54) is 0 Å². The number of rotatable bonds is 4. The van der Waals surface area contributed by atoms with Gasteiger partial charge in [-0.1, -0.05) is 30.3 Å². The third-order valence-corrected chi connectivity index (χ3v) is 7.56. The Morgan fingerprint density at radius 1 is 1.27 bits per heavy atom. The molecule has 1 aromatic rings. The van der Waals surface area contributed by atoms with Crippen molar-refractivity contribution in [3.8, 4) is 0 Å². The van der Waals surface area contributed by atoms with E-state index in [-0.39, 0.29) is 0 Å². The summed E-state index contributed by atoms with van der Waals surface area (Å²) in [6.07, 6.45) is 0. The summed E-state index contributed by atoms with van der Waals surface area (Å²) in [5, 5.41) is 10.6. The molecule has 0 aliphatic rings. The average molecular weight is 224 g/mol. The molecule has 1 aromatic carbocycles. The zero-order valence-electron chi connectivity index (χ0n) is 9.95. The second-order valence-corrected chi connectivity index (χ2v) is 8.55. The molecule has 0 aliphatic heterocycles. The Hall–Kier alpha value is -0.643. The third-order valence-electron chi connectivity index (χ3n) is 2.93. The summed E-state index contributed by atoms with van der Waals surface area (Å²) in [5.74, 6) is 0. The van der Waals surface area contributed by atoms with Crippen LogP contribution >= 0.6 is 0 Å². The maximum Gasteiger partial charge on any atom is 0.251 e. The van der Waals surface area contributed by atoms with Gasteiger partial charge in [0.05, 0.1) is 5.22 Å². The van der Waals surface area contributed by atoms with Crippen LogP contribution in [0.15, 0.2) is 30.3 Å². The van der Waals surface area contributed by atoms with E-state index in [0.29, 0.717) is 6.61 Å². The van der Waals surface area contributed by atoms with Crippen molar-refractivity contribution in [3.05, 3.63) is 30.3 Å². The molecule has 0 fully saturated rings. The zero-order chi connectivity index (χ0) is 11.5. The first kappa shape index (κ1) is 12.4. The Morgan fingerprint density at radius 3 is 2.20 bits per heavy atom. The SMILES string of the molecule is CCO[Si](C)(c1ccccc1)C(C)(C)O. The van der Waals surface area contributed by atoms with Crippen molar-refractivity contribution in [1.29, 1.82) is 0 Å². The Bertz CT molecular complexity index is 305. The van der Waals surface area contributed by atoms with Gasteiger partial charge in [0, 0.05) is 6.61 Å². The Morgan fingerprint density at radius 2 is 1.80 bits per heavy atom. The number of benzene rings is 1. The zero-order valence-corrected chi connectivity index (χ0v) is 10.9. The van der Waals surface area contributed by atoms with E-state index in [1.54, 1.807) is 0 Å². The van der Waals surface area contributed by atoms with Crippen molar-refractivity contribution in [3.63, 3.8) is 0 Å². The van der Waals surface area contributed by atoms with E-state index in [1.807, 2.05) is 51.1 Å². The molecule has 0 spiro atoms. The van der Waals surface area contributed by atoms with Crippen LogP contribution in [0, 0.1) is 0 Å². The van der Waals surface area contributed by atoms with Gasteiger partial charge in [-0.15, -0.1) is 0 Å². The topological polar surface area (TPSA) is 29.5 Å². The maximum absolute atomic E-state index is 10.3. The predicted octanol–water partition coefficient (Wildman–Crippen LogP) is 1.82. The molecule has 15 heavy (non-hydrogen) atoms. The second-order valence-electron chi connectivity index (χ2n) is 4.39. The minimum Gasteiger partial charge on any atom is -0.410 e. The predicted molar refractivity (Wildman–Crippen MR) is 65.6 cm³/mol. The fourth-order valence-corrected chi connectivity index (χ4v) is 4.29. The molecular weight excluding hydrogens is 204 g/mol. The summed E-state index contributed by atoms with van der Waals surface area (Å²) >= 11 is 0. The van der Waals surface area contributed by atoms with E-state index < -0.39 is 13.5 Å². The van der Waals surface area contributed by atoms with Gasteiger partial charge < -0.3 is 9.53 Å².